The summed E-state index contributed by atoms with van der Waals surface area (Å²) in [4.78, 5) is 17.5. The minimum atomic E-state index is -0.150. The van der Waals surface area contributed by atoms with Crippen molar-refractivity contribution in [3.8, 4) is 21.8 Å². The molecule has 0 bridgehead atoms. The summed E-state index contributed by atoms with van der Waals surface area (Å²) < 4.78 is 1.72. The predicted octanol–water partition coefficient (Wildman–Crippen LogP) is 5.08. The summed E-state index contributed by atoms with van der Waals surface area (Å²) in [5.74, 6) is -0.150. The molecule has 0 saturated carbocycles. The van der Waals surface area contributed by atoms with Crippen LogP contribution in [0.5, 0.6) is 0 Å². The van der Waals surface area contributed by atoms with E-state index in [4.69, 9.17) is 4.98 Å². The number of amides is 1. The van der Waals surface area contributed by atoms with Crippen molar-refractivity contribution < 1.29 is 4.79 Å². The number of carbonyl (C=O) groups excluding carboxylic acids is 1. The topological polar surface area (TPSA) is 59.8 Å². The third-order valence-electron chi connectivity index (χ3n) is 4.68. The number of aryl methyl sites for hydroxylation is 2. The Morgan fingerprint density at radius 2 is 1.79 bits per heavy atom. The molecule has 140 valence electrons. The van der Waals surface area contributed by atoms with Gasteiger partial charge in [0.15, 0.2) is 0 Å². The molecule has 6 heteroatoms. The molecule has 1 N–H and O–H groups in total. The van der Waals surface area contributed by atoms with Crippen LogP contribution in [0.1, 0.15) is 21.7 Å². The fourth-order valence-electron chi connectivity index (χ4n) is 3.17. The van der Waals surface area contributed by atoms with Gasteiger partial charge >= 0.3 is 0 Å². The number of nitrogens with zero attached hydrogens (tertiary/aromatic N) is 3. The van der Waals surface area contributed by atoms with E-state index < -0.39 is 0 Å². The number of aromatic nitrogens is 3. The Labute approximate surface area is 167 Å². The lowest BCUT2D eigenvalue weighted by Crippen LogP contribution is -2.14. The first-order chi connectivity index (χ1) is 13.5. The predicted molar refractivity (Wildman–Crippen MR) is 114 cm³/mol. The lowest BCUT2D eigenvalue weighted by Gasteiger charge is -2.07. The number of hydrogen-bond acceptors (Lipinski definition) is 4. The molecule has 5 nitrogen and oxygen atoms in total. The van der Waals surface area contributed by atoms with Crippen LogP contribution in [0.15, 0.2) is 60.0 Å². The smallest absolute Gasteiger partial charge is 0.259 e. The van der Waals surface area contributed by atoms with E-state index in [-0.39, 0.29) is 5.91 Å². The number of rotatable bonds is 4. The van der Waals surface area contributed by atoms with Crippen molar-refractivity contribution in [3.63, 3.8) is 0 Å². The molecule has 0 aliphatic carbocycles. The molecule has 4 aromatic rings. The van der Waals surface area contributed by atoms with Gasteiger partial charge in [0.25, 0.3) is 5.91 Å². The van der Waals surface area contributed by atoms with Crippen molar-refractivity contribution in [1.82, 2.24) is 14.8 Å². The van der Waals surface area contributed by atoms with E-state index in [9.17, 15) is 4.79 Å². The second-order valence-electron chi connectivity index (χ2n) is 6.61. The molecule has 4 rings (SSSR count). The average molecular weight is 388 g/mol. The normalized spacial score (nSPS) is 10.8. The minimum Gasteiger partial charge on any atom is -0.322 e. The summed E-state index contributed by atoms with van der Waals surface area (Å²) in [7, 11) is 1.84. The molecule has 0 radical (unpaired) electrons. The summed E-state index contributed by atoms with van der Waals surface area (Å²) in [5.41, 5.74) is 5.89. The zero-order valence-electron chi connectivity index (χ0n) is 15.9. The molecular weight excluding hydrogens is 368 g/mol. The largest absolute Gasteiger partial charge is 0.322 e. The Bertz CT molecular complexity index is 1140. The summed E-state index contributed by atoms with van der Waals surface area (Å²) in [6.07, 6.45) is 0. The lowest BCUT2D eigenvalue weighted by atomic mass is 10.1. The highest BCUT2D eigenvalue weighted by molar-refractivity contribution is 7.13. The van der Waals surface area contributed by atoms with Crippen molar-refractivity contribution in [3.05, 3.63) is 76.9 Å². The van der Waals surface area contributed by atoms with Crippen molar-refractivity contribution in [2.24, 2.45) is 7.05 Å². The summed E-state index contributed by atoms with van der Waals surface area (Å²) >= 11 is 1.61. The first kappa shape index (κ1) is 18.1. The third kappa shape index (κ3) is 3.46. The molecular formula is C22H20N4OS. The van der Waals surface area contributed by atoms with Gasteiger partial charge < -0.3 is 5.32 Å². The fourth-order valence-corrected chi connectivity index (χ4v) is 4.01. The summed E-state index contributed by atoms with van der Waals surface area (Å²) in [6.45, 7) is 3.74. The SMILES string of the molecule is Cc1nn(C)c(C)c1C(=O)Nc1cccc(-c2csc(-c3ccccc3)n2)c1. The van der Waals surface area contributed by atoms with Crippen LogP contribution in [0.25, 0.3) is 21.8 Å². The Kier molecular flexibility index (Phi) is 4.79. The van der Waals surface area contributed by atoms with Crippen LogP contribution in [-0.2, 0) is 7.05 Å². The Hall–Kier alpha value is -3.25. The maximum Gasteiger partial charge on any atom is 0.259 e. The molecule has 2 aromatic heterocycles. The van der Waals surface area contributed by atoms with Gasteiger partial charge in [0.2, 0.25) is 0 Å². The third-order valence-corrected chi connectivity index (χ3v) is 5.57. The van der Waals surface area contributed by atoms with Crippen LogP contribution in [0.2, 0.25) is 0 Å². The minimum absolute atomic E-state index is 0.150. The average Bonchev–Trinajstić information content (AvgIpc) is 3.28. The van der Waals surface area contributed by atoms with E-state index in [0.717, 1.165) is 38.9 Å². The van der Waals surface area contributed by atoms with Crippen molar-refractivity contribution in [2.75, 3.05) is 5.32 Å². The van der Waals surface area contributed by atoms with Gasteiger partial charge in [-0.05, 0) is 26.0 Å². The molecule has 0 fully saturated rings. The van der Waals surface area contributed by atoms with Gasteiger partial charge in [-0.25, -0.2) is 4.98 Å². The second kappa shape index (κ2) is 7.40. The maximum atomic E-state index is 12.7. The molecule has 2 heterocycles. The fraction of sp³-hybridized carbons (Fsp3) is 0.136. The van der Waals surface area contributed by atoms with Gasteiger partial charge in [0, 0.05) is 34.9 Å². The second-order valence-corrected chi connectivity index (χ2v) is 7.47. The number of thiazole rings is 1. The van der Waals surface area contributed by atoms with Gasteiger partial charge in [-0.3, -0.25) is 9.48 Å². The number of hydrogen-bond donors (Lipinski definition) is 1. The van der Waals surface area contributed by atoms with E-state index >= 15 is 0 Å². The Morgan fingerprint density at radius 1 is 1.04 bits per heavy atom. The van der Waals surface area contributed by atoms with Gasteiger partial charge in [-0.15, -0.1) is 11.3 Å². The highest BCUT2D eigenvalue weighted by Crippen LogP contribution is 2.30. The monoisotopic (exact) mass is 388 g/mol. The lowest BCUT2D eigenvalue weighted by molar-refractivity contribution is 0.102. The highest BCUT2D eigenvalue weighted by atomic mass is 32.1. The number of benzene rings is 2. The molecule has 1 amide bonds. The Balaban J connectivity index is 1.59. The molecule has 2 aromatic carbocycles. The van der Waals surface area contributed by atoms with Crippen molar-refractivity contribution in [1.29, 1.82) is 0 Å². The maximum absolute atomic E-state index is 12.7. The van der Waals surface area contributed by atoms with E-state index in [0.29, 0.717) is 5.56 Å². The highest BCUT2D eigenvalue weighted by Gasteiger charge is 2.17. The molecule has 0 atom stereocenters. The van der Waals surface area contributed by atoms with Crippen LogP contribution in [0.3, 0.4) is 0 Å². The van der Waals surface area contributed by atoms with Crippen LogP contribution < -0.4 is 5.32 Å². The molecule has 28 heavy (non-hydrogen) atoms. The first-order valence-electron chi connectivity index (χ1n) is 8.96. The summed E-state index contributed by atoms with van der Waals surface area (Å²) in [6, 6.07) is 17.9. The number of nitrogens with one attached hydrogen (secondary N) is 1. The zero-order valence-corrected chi connectivity index (χ0v) is 16.7. The van der Waals surface area contributed by atoms with Crippen molar-refractivity contribution >= 4 is 22.9 Å². The van der Waals surface area contributed by atoms with E-state index in [1.807, 2.05) is 68.7 Å². The van der Waals surface area contributed by atoms with Gasteiger partial charge in [-0.1, -0.05) is 42.5 Å². The molecule has 0 aliphatic rings. The van der Waals surface area contributed by atoms with Gasteiger partial charge in [-0.2, -0.15) is 5.10 Å². The van der Waals surface area contributed by atoms with Crippen molar-refractivity contribution in [2.45, 2.75) is 13.8 Å². The van der Waals surface area contributed by atoms with Crippen LogP contribution in [-0.4, -0.2) is 20.7 Å². The van der Waals surface area contributed by atoms with E-state index in [2.05, 4.69) is 22.5 Å². The standard InChI is InChI=1S/C22H20N4OS/c1-14-20(15(2)26(3)25-14)21(27)23-18-11-7-10-17(12-18)19-13-28-22(24-19)16-8-5-4-6-9-16/h4-13H,1-3H3,(H,23,27). The first-order valence-corrected chi connectivity index (χ1v) is 9.84. The molecule has 0 unspecified atom stereocenters. The molecule has 0 aliphatic heterocycles. The van der Waals surface area contributed by atoms with Gasteiger partial charge in [0.05, 0.1) is 17.0 Å². The summed E-state index contributed by atoms with van der Waals surface area (Å²) in [5, 5.41) is 10.3. The quantitative estimate of drug-likeness (QED) is 0.530. The van der Waals surface area contributed by atoms with E-state index in [1.54, 1.807) is 16.0 Å². The van der Waals surface area contributed by atoms with E-state index in [1.165, 1.54) is 0 Å². The van der Waals surface area contributed by atoms with Crippen LogP contribution in [0, 0.1) is 13.8 Å². The molecule has 0 saturated heterocycles. The zero-order chi connectivity index (χ0) is 19.7. The number of carbonyl (C=O) groups is 1. The van der Waals surface area contributed by atoms with Gasteiger partial charge in [0.1, 0.15) is 5.01 Å². The van der Waals surface area contributed by atoms with Crippen LogP contribution >= 0.6 is 11.3 Å². The number of anilines is 1. The Morgan fingerprint density at radius 3 is 2.50 bits per heavy atom. The van der Waals surface area contributed by atoms with Crippen LogP contribution in [0.4, 0.5) is 5.69 Å². The molecule has 0 spiro atoms.